The summed E-state index contributed by atoms with van der Waals surface area (Å²) in [5.41, 5.74) is 5.61. The predicted molar refractivity (Wildman–Crippen MR) is 174 cm³/mol. The Morgan fingerprint density at radius 1 is 0.936 bits per heavy atom. The zero-order chi connectivity index (χ0) is 33.0. The maximum atomic E-state index is 13.5. The Morgan fingerprint density at radius 3 is 2.32 bits per heavy atom. The van der Waals surface area contributed by atoms with E-state index < -0.39 is 23.0 Å². The Morgan fingerprint density at radius 2 is 1.66 bits per heavy atom. The second kappa shape index (κ2) is 13.6. The number of amides is 3. The molecule has 47 heavy (non-hydrogen) atoms. The monoisotopic (exact) mass is 641 g/mol. The molecule has 4 aromatic rings. The Bertz CT molecular complexity index is 1790. The van der Waals surface area contributed by atoms with Crippen molar-refractivity contribution in [2.24, 2.45) is 17.1 Å². The molecule has 1 saturated carbocycles. The number of fused-ring (bicyclic) bond motifs is 1. The van der Waals surface area contributed by atoms with E-state index >= 15 is 0 Å². The average Bonchev–Trinajstić information content (AvgIpc) is 3.88. The zero-order valence-electron chi connectivity index (χ0n) is 26.0. The fourth-order valence-corrected chi connectivity index (χ4v) is 5.71. The number of aromatic nitrogens is 1. The lowest BCUT2D eigenvalue weighted by Gasteiger charge is -2.31. The van der Waals surface area contributed by atoms with Crippen LogP contribution in [-0.4, -0.2) is 61.0 Å². The van der Waals surface area contributed by atoms with E-state index in [-0.39, 0.29) is 12.5 Å². The first-order valence-corrected chi connectivity index (χ1v) is 15.5. The van der Waals surface area contributed by atoms with Gasteiger partial charge in [-0.1, -0.05) is 6.07 Å². The number of nitrogens with two attached hydrogens (primary N) is 1. The van der Waals surface area contributed by atoms with Crippen LogP contribution in [0.5, 0.6) is 23.0 Å². The highest BCUT2D eigenvalue weighted by Crippen LogP contribution is 2.47. The summed E-state index contributed by atoms with van der Waals surface area (Å²) in [6.07, 6.45) is 4.29. The van der Waals surface area contributed by atoms with Crippen LogP contribution < -0.4 is 30.6 Å². The smallest absolute Gasteiger partial charge is 0.240 e. The van der Waals surface area contributed by atoms with Crippen molar-refractivity contribution in [3.05, 3.63) is 78.7 Å². The minimum Gasteiger partial charge on any atom is -0.493 e. The molecule has 4 N–H and O–H groups in total. The third-order valence-corrected chi connectivity index (χ3v) is 8.59. The van der Waals surface area contributed by atoms with E-state index in [0.717, 1.165) is 31.3 Å². The first-order valence-electron chi connectivity index (χ1n) is 15.5. The van der Waals surface area contributed by atoms with Gasteiger partial charge in [-0.25, -0.2) is 4.39 Å². The highest BCUT2D eigenvalue weighted by atomic mass is 19.1. The molecule has 0 radical (unpaired) electrons. The SMILES string of the molecule is COc1cc2c(Oc3ccc(NC(=O)C4(C(=O)Nc5cccc(F)c5)CC4)cc3)ccnc2cc1OCC1CCN(CC(N)=O)CC1. The third kappa shape index (κ3) is 7.44. The second-order valence-corrected chi connectivity index (χ2v) is 12.0. The summed E-state index contributed by atoms with van der Waals surface area (Å²) in [6.45, 7) is 2.41. The molecule has 1 aromatic heterocycles. The Balaban J connectivity index is 1.08. The highest BCUT2D eigenvalue weighted by Gasteiger charge is 2.56. The molecule has 0 bridgehead atoms. The number of rotatable bonds is 12. The third-order valence-electron chi connectivity index (χ3n) is 8.59. The fourth-order valence-electron chi connectivity index (χ4n) is 5.71. The molecule has 0 spiro atoms. The first-order chi connectivity index (χ1) is 22.7. The van der Waals surface area contributed by atoms with Gasteiger partial charge in [-0.3, -0.25) is 24.3 Å². The van der Waals surface area contributed by atoms with Crippen molar-refractivity contribution in [3.63, 3.8) is 0 Å². The van der Waals surface area contributed by atoms with Crippen molar-refractivity contribution in [1.29, 1.82) is 0 Å². The van der Waals surface area contributed by atoms with E-state index in [0.29, 0.717) is 65.3 Å². The number of methoxy groups -OCH3 is 1. The fraction of sp³-hybridized carbons (Fsp3) is 0.314. The number of halogens is 1. The lowest BCUT2D eigenvalue weighted by Crippen LogP contribution is -2.40. The summed E-state index contributed by atoms with van der Waals surface area (Å²) in [5, 5.41) is 6.20. The van der Waals surface area contributed by atoms with Gasteiger partial charge >= 0.3 is 0 Å². The normalized spacial score (nSPS) is 15.9. The molecule has 3 aromatic carbocycles. The number of likely N-dealkylation sites (tertiary alicyclic amines) is 1. The summed E-state index contributed by atoms with van der Waals surface area (Å²) < 4.78 is 31.6. The van der Waals surface area contributed by atoms with Crippen molar-refractivity contribution < 1.29 is 33.0 Å². The molecule has 2 fully saturated rings. The van der Waals surface area contributed by atoms with Gasteiger partial charge in [0.15, 0.2) is 11.5 Å². The number of piperidine rings is 1. The molecule has 244 valence electrons. The van der Waals surface area contributed by atoms with Crippen molar-refractivity contribution in [1.82, 2.24) is 9.88 Å². The Kier molecular flexibility index (Phi) is 9.21. The highest BCUT2D eigenvalue weighted by molar-refractivity contribution is 6.16. The minimum absolute atomic E-state index is 0.282. The number of pyridine rings is 1. The maximum Gasteiger partial charge on any atom is 0.240 e. The molecule has 2 aliphatic rings. The molecule has 11 nitrogen and oxygen atoms in total. The molecule has 0 atom stereocenters. The number of carbonyl (C=O) groups excluding carboxylic acids is 3. The van der Waals surface area contributed by atoms with Crippen molar-refractivity contribution >= 4 is 40.0 Å². The van der Waals surface area contributed by atoms with Crippen molar-refractivity contribution in [2.75, 3.05) is 44.0 Å². The van der Waals surface area contributed by atoms with Crippen LogP contribution in [0.3, 0.4) is 0 Å². The second-order valence-electron chi connectivity index (χ2n) is 12.0. The molecule has 3 amide bonds. The Hall–Kier alpha value is -5.23. The molecule has 1 aliphatic heterocycles. The van der Waals surface area contributed by atoms with Gasteiger partial charge in [0, 0.05) is 29.0 Å². The number of primary amides is 1. The summed E-state index contributed by atoms with van der Waals surface area (Å²) >= 11 is 0. The standard InChI is InChI=1S/C35H36FN5O6/c1-45-30-18-27-28(19-31(30)46-21-22-10-15-41(16-11-22)20-32(37)42)38-14-9-29(27)47-26-7-5-24(6-8-26)39-33(43)35(12-13-35)34(44)40-25-4-2-3-23(36)17-25/h2-9,14,17-19,22H,10-13,15-16,20-21H2,1H3,(H2,37,42)(H,39,43)(H,40,44). The van der Waals surface area contributed by atoms with E-state index in [1.165, 1.54) is 18.2 Å². The van der Waals surface area contributed by atoms with Crippen molar-refractivity contribution in [2.45, 2.75) is 25.7 Å². The van der Waals surface area contributed by atoms with E-state index in [1.807, 2.05) is 12.1 Å². The lowest BCUT2D eigenvalue weighted by atomic mass is 9.98. The van der Waals surface area contributed by atoms with E-state index in [1.54, 1.807) is 49.7 Å². The summed E-state index contributed by atoms with van der Waals surface area (Å²) in [6, 6.07) is 17.8. The van der Waals surface area contributed by atoms with Gasteiger partial charge < -0.3 is 30.6 Å². The van der Waals surface area contributed by atoms with Gasteiger partial charge in [0.1, 0.15) is 22.7 Å². The molecule has 6 rings (SSSR count). The quantitative estimate of drug-likeness (QED) is 0.181. The molecule has 0 unspecified atom stereocenters. The number of hydrogen-bond acceptors (Lipinski definition) is 8. The minimum atomic E-state index is -1.19. The summed E-state index contributed by atoms with van der Waals surface area (Å²) in [5.74, 6) is 0.911. The number of ether oxygens (including phenoxy) is 3. The van der Waals surface area contributed by atoms with E-state index in [9.17, 15) is 18.8 Å². The largest absolute Gasteiger partial charge is 0.493 e. The lowest BCUT2D eigenvalue weighted by molar-refractivity contribution is -0.131. The number of nitrogens with zero attached hydrogens (tertiary/aromatic N) is 2. The van der Waals surface area contributed by atoms with Gasteiger partial charge in [-0.05, 0) is 99.3 Å². The van der Waals surface area contributed by atoms with Crippen LogP contribution in [0.15, 0.2) is 72.9 Å². The van der Waals surface area contributed by atoms with Gasteiger partial charge in [0.25, 0.3) is 0 Å². The van der Waals surface area contributed by atoms with Crippen molar-refractivity contribution in [3.8, 4) is 23.0 Å². The van der Waals surface area contributed by atoms with Gasteiger partial charge in [0.05, 0.1) is 25.8 Å². The van der Waals surface area contributed by atoms with E-state index in [4.69, 9.17) is 19.9 Å². The molecule has 12 heteroatoms. The number of carbonyl (C=O) groups is 3. The van der Waals surface area contributed by atoms with Gasteiger partial charge in [-0.15, -0.1) is 0 Å². The van der Waals surface area contributed by atoms with Crippen LogP contribution in [0.2, 0.25) is 0 Å². The topological polar surface area (TPSA) is 145 Å². The average molecular weight is 642 g/mol. The summed E-state index contributed by atoms with van der Waals surface area (Å²) in [7, 11) is 1.58. The van der Waals surface area contributed by atoms with Crippen LogP contribution in [-0.2, 0) is 14.4 Å². The van der Waals surface area contributed by atoms with E-state index in [2.05, 4.69) is 20.5 Å². The predicted octanol–water partition coefficient (Wildman–Crippen LogP) is 5.11. The number of hydrogen-bond donors (Lipinski definition) is 3. The number of nitrogens with one attached hydrogen (secondary N) is 2. The zero-order valence-corrected chi connectivity index (χ0v) is 26.0. The molecule has 2 heterocycles. The van der Waals surface area contributed by atoms with Gasteiger partial charge in [0.2, 0.25) is 17.7 Å². The van der Waals surface area contributed by atoms with Crippen LogP contribution in [0.25, 0.3) is 10.9 Å². The molecule has 1 saturated heterocycles. The molecular weight excluding hydrogens is 605 g/mol. The van der Waals surface area contributed by atoms with Crippen LogP contribution in [0, 0.1) is 17.2 Å². The van der Waals surface area contributed by atoms with Gasteiger partial charge in [-0.2, -0.15) is 0 Å². The molecule has 1 aliphatic carbocycles. The number of benzene rings is 3. The maximum absolute atomic E-state index is 13.5. The van der Waals surface area contributed by atoms with Crippen LogP contribution in [0.1, 0.15) is 25.7 Å². The van der Waals surface area contributed by atoms with Crippen LogP contribution in [0.4, 0.5) is 15.8 Å². The first kappa shape index (κ1) is 31.7. The van der Waals surface area contributed by atoms with Crippen LogP contribution >= 0.6 is 0 Å². The molecular formula is C35H36FN5O6. The Labute approximate surface area is 271 Å². The number of anilines is 2. The summed E-state index contributed by atoms with van der Waals surface area (Å²) in [4.78, 5) is 43.7.